The molecule has 0 amide bonds. The van der Waals surface area contributed by atoms with Crippen LogP contribution in [0.5, 0.6) is 0 Å². The van der Waals surface area contributed by atoms with Crippen molar-refractivity contribution in [3.8, 4) is 0 Å². The summed E-state index contributed by atoms with van der Waals surface area (Å²) >= 11 is 0. The molecule has 0 saturated carbocycles. The van der Waals surface area contributed by atoms with Gasteiger partial charge in [-0.2, -0.15) is 17.2 Å². The van der Waals surface area contributed by atoms with Gasteiger partial charge in [0.05, 0.1) is 0 Å². The van der Waals surface area contributed by atoms with Gasteiger partial charge in [-0.05, 0) is 0 Å². The van der Waals surface area contributed by atoms with Gasteiger partial charge >= 0.3 is 371 Å². The topological polar surface area (TPSA) is 497 Å². The first-order chi connectivity index (χ1) is 14.8. The monoisotopic (exact) mass is 952 g/mol. The third-order valence-corrected chi connectivity index (χ3v) is 7.66. The molecule has 0 unspecified atom stereocenters. The van der Waals surface area contributed by atoms with Crippen LogP contribution < -0.4 is 308 Å². The van der Waals surface area contributed by atoms with E-state index in [0.29, 0.717) is 0 Å². The molecule has 0 bridgehead atoms. The third kappa shape index (κ3) is 104. The van der Waals surface area contributed by atoms with Crippen LogP contribution in [0.15, 0.2) is 0 Å². The van der Waals surface area contributed by atoms with Crippen molar-refractivity contribution in [2.75, 3.05) is 0 Å². The van der Waals surface area contributed by atoms with E-state index < -0.39 is 62.6 Å². The number of hydrogen-bond acceptors (Lipinski definition) is 12. The molecule has 236 valence electrons. The van der Waals surface area contributed by atoms with Crippen LogP contribution in [-0.2, 0) is 53.8 Å². The van der Waals surface area contributed by atoms with Gasteiger partial charge in [0.25, 0.3) is 0 Å². The molecule has 0 aromatic heterocycles. The van der Waals surface area contributed by atoms with E-state index in [2.05, 4.69) is 17.2 Å². The molecule has 0 aliphatic carbocycles. The van der Waals surface area contributed by atoms with E-state index in [-0.39, 0.29) is 317 Å². The summed E-state index contributed by atoms with van der Waals surface area (Å²) < 4.78 is 88.8. The molecule has 0 rings (SSSR count). The average Bonchev–Trinajstić information content (AvgIpc) is 2.19. The Hall–Kier alpha value is 10.9. The predicted molar refractivity (Wildman–Crippen MR) is 107 cm³/mol. The standard InChI is InChI=1S/6K.4H4O7P2.6H/c;;;;;;4*1-8(2,3)7-9(4,5)6;;;;;;/h;;;;;;4*(H2,1,2,3)(H2,4,5,6);;;;;;/q6*+1;;;;;6*-1. The zero-order valence-electron chi connectivity index (χ0n) is 27.6. The van der Waals surface area contributed by atoms with Gasteiger partial charge < -0.3 is 86.9 Å². The Morgan fingerprint density at radius 1 is 0.238 bits per heavy atom. The normalized spacial score (nSPS) is 11.8. The summed E-state index contributed by atoms with van der Waals surface area (Å²) in [6.45, 7) is 0. The Morgan fingerprint density at radius 3 is 0.286 bits per heavy atom. The SMILES string of the molecule is O=P(O)(O)OP(=O)(O)O.O=P(O)(O)OP(=O)(O)O.O=P(O)(O)OP(=O)(O)O.O=P(O)(O)OP(=O)(O)O.[H-].[H-].[H-].[H-].[H-].[H-].[K+].[K+].[K+].[K+].[K+].[K+]. The van der Waals surface area contributed by atoms with Crippen molar-refractivity contribution in [1.82, 2.24) is 0 Å². The summed E-state index contributed by atoms with van der Waals surface area (Å²) in [7, 11) is -40.4. The van der Waals surface area contributed by atoms with Crippen LogP contribution in [0.25, 0.3) is 0 Å². The van der Waals surface area contributed by atoms with Crippen LogP contribution in [0.2, 0.25) is 0 Å². The van der Waals surface area contributed by atoms with E-state index in [1.807, 2.05) is 0 Å². The molecule has 0 aliphatic heterocycles. The molecule has 0 aliphatic rings. The maximum Gasteiger partial charge on any atom is 1.00 e. The molecule has 0 radical (unpaired) electrons. The first-order valence-corrected chi connectivity index (χ1v) is 18.4. The minimum absolute atomic E-state index is 0. The molecule has 42 heteroatoms. The molecule has 0 saturated heterocycles. The molecule has 0 spiro atoms. The summed E-state index contributed by atoms with van der Waals surface area (Å²) in [5.74, 6) is 0. The molecule has 0 atom stereocenters. The van der Waals surface area contributed by atoms with Crippen molar-refractivity contribution in [1.29, 1.82) is 0 Å². The smallest absolute Gasteiger partial charge is 1.00 e. The van der Waals surface area contributed by atoms with Crippen molar-refractivity contribution in [2.45, 2.75) is 0 Å². The zero-order chi connectivity index (χ0) is 30.8. The second-order valence-corrected chi connectivity index (χ2v) is 14.7. The van der Waals surface area contributed by atoms with Crippen LogP contribution in [0.4, 0.5) is 0 Å². The average molecular weight is 953 g/mol. The first kappa shape index (κ1) is 77.4. The summed E-state index contributed by atoms with van der Waals surface area (Å²) in [4.78, 5) is 124. The predicted octanol–water partition coefficient (Wildman–Crippen LogP) is -20.5. The van der Waals surface area contributed by atoms with Gasteiger partial charge in [0.2, 0.25) is 0 Å². The molecular weight excluding hydrogens is 930 g/mol. The quantitative estimate of drug-likeness (QED) is 0.0793. The van der Waals surface area contributed by atoms with Gasteiger partial charge in [-0.1, -0.05) is 0 Å². The Balaban J connectivity index is -0.0000000188. The maximum absolute atomic E-state index is 9.63. The summed E-state index contributed by atoms with van der Waals surface area (Å²) in [5, 5.41) is 0. The van der Waals surface area contributed by atoms with Gasteiger partial charge in [0, 0.05) is 0 Å². The minimum Gasteiger partial charge on any atom is -1.00 e. The zero-order valence-corrected chi connectivity index (χ0v) is 47.5. The second-order valence-electron chi connectivity index (χ2n) is 4.25. The van der Waals surface area contributed by atoms with E-state index in [4.69, 9.17) is 78.3 Å². The summed E-state index contributed by atoms with van der Waals surface area (Å²) in [5.41, 5.74) is 0. The Bertz CT molecular complexity index is 808. The molecule has 16 N–H and O–H groups in total. The minimum atomic E-state index is -5.05. The van der Waals surface area contributed by atoms with E-state index in [1.165, 1.54) is 0 Å². The fourth-order valence-corrected chi connectivity index (χ4v) is 4.99. The maximum atomic E-state index is 9.63. The van der Waals surface area contributed by atoms with E-state index >= 15 is 0 Å². The van der Waals surface area contributed by atoms with Crippen molar-refractivity contribution < 1.29 is 449 Å². The third-order valence-electron chi connectivity index (χ3n) is 0.851. The second kappa shape index (κ2) is 33.9. The Kier molecular flexibility index (Phi) is 62.6. The van der Waals surface area contributed by atoms with Crippen LogP contribution in [0.1, 0.15) is 8.56 Å². The fourth-order valence-electron chi connectivity index (χ4n) is 0.554. The molecule has 42 heavy (non-hydrogen) atoms. The van der Waals surface area contributed by atoms with E-state index in [1.54, 1.807) is 0 Å². The van der Waals surface area contributed by atoms with Gasteiger partial charge in [0.15, 0.2) is 0 Å². The molecule has 0 aromatic rings. The van der Waals surface area contributed by atoms with Crippen molar-refractivity contribution in [2.24, 2.45) is 0 Å². The van der Waals surface area contributed by atoms with Gasteiger partial charge in [-0.3, -0.25) is 0 Å². The number of hydrogen-bond donors (Lipinski definition) is 16. The van der Waals surface area contributed by atoms with Crippen molar-refractivity contribution in [3.05, 3.63) is 0 Å². The van der Waals surface area contributed by atoms with Crippen LogP contribution in [-0.4, -0.2) is 78.3 Å². The van der Waals surface area contributed by atoms with Crippen LogP contribution in [0.3, 0.4) is 0 Å². The van der Waals surface area contributed by atoms with Crippen LogP contribution >= 0.6 is 62.6 Å². The van der Waals surface area contributed by atoms with Crippen molar-refractivity contribution in [3.63, 3.8) is 0 Å². The summed E-state index contributed by atoms with van der Waals surface area (Å²) in [6, 6.07) is 0. The number of rotatable bonds is 8. The Labute approximate surface area is 497 Å². The molecular formula is H22K6O28P8. The van der Waals surface area contributed by atoms with E-state index in [0.717, 1.165) is 0 Å². The fraction of sp³-hybridized carbons (Fsp3) is 0. The van der Waals surface area contributed by atoms with Gasteiger partial charge in [0.1, 0.15) is 0 Å². The number of phosphoric acid groups is 8. The Morgan fingerprint density at radius 2 is 0.286 bits per heavy atom. The van der Waals surface area contributed by atoms with Crippen molar-refractivity contribution >= 4 is 62.6 Å². The molecule has 0 heterocycles. The molecule has 0 aromatic carbocycles. The van der Waals surface area contributed by atoms with Crippen LogP contribution in [0, 0.1) is 0 Å². The van der Waals surface area contributed by atoms with Gasteiger partial charge in [-0.25, -0.2) is 36.5 Å². The largest absolute Gasteiger partial charge is 1.00 e. The molecule has 28 nitrogen and oxygen atoms in total. The molecule has 0 fully saturated rings. The summed E-state index contributed by atoms with van der Waals surface area (Å²) in [6.07, 6.45) is 0. The van der Waals surface area contributed by atoms with Gasteiger partial charge in [-0.15, -0.1) is 0 Å². The first-order valence-electron chi connectivity index (χ1n) is 6.12. The van der Waals surface area contributed by atoms with E-state index in [9.17, 15) is 36.5 Å².